The molecule has 2 aromatic heterocycles. The molecule has 1 aliphatic carbocycles. The number of rotatable bonds is 5. The number of pyridine rings is 1. The van der Waals surface area contributed by atoms with Crippen LogP contribution >= 0.6 is 0 Å². The predicted octanol–water partition coefficient (Wildman–Crippen LogP) is 4.36. The fourth-order valence-electron chi connectivity index (χ4n) is 7.36. The minimum Gasteiger partial charge on any atom is -0.489 e. The Morgan fingerprint density at radius 3 is 2.62 bits per heavy atom. The predicted molar refractivity (Wildman–Crippen MR) is 158 cm³/mol. The zero-order valence-corrected chi connectivity index (χ0v) is 24.2. The third-order valence-corrected chi connectivity index (χ3v) is 9.47. The molecule has 0 amide bonds. The van der Waals surface area contributed by atoms with Crippen LogP contribution in [0.15, 0.2) is 23.1 Å². The molecule has 3 aromatic rings. The first kappa shape index (κ1) is 27.3. The maximum absolute atomic E-state index is 15.7. The van der Waals surface area contributed by atoms with E-state index in [2.05, 4.69) is 20.1 Å². The van der Waals surface area contributed by atoms with E-state index in [0.29, 0.717) is 46.4 Å². The van der Waals surface area contributed by atoms with Gasteiger partial charge in [0.05, 0.1) is 11.6 Å². The summed E-state index contributed by atoms with van der Waals surface area (Å²) in [5.41, 5.74) is 1.94. The number of nitrogens with one attached hydrogen (secondary N) is 1. The zero-order chi connectivity index (χ0) is 29.0. The number of fused-ring (bicyclic) bond motifs is 4. The van der Waals surface area contributed by atoms with Crippen molar-refractivity contribution in [3.8, 4) is 5.75 Å². The Kier molecular flexibility index (Phi) is 7.09. The van der Waals surface area contributed by atoms with Crippen LogP contribution in [0.5, 0.6) is 5.75 Å². The van der Waals surface area contributed by atoms with Gasteiger partial charge in [-0.3, -0.25) is 19.1 Å². The van der Waals surface area contributed by atoms with Crippen LogP contribution < -0.4 is 20.5 Å². The summed E-state index contributed by atoms with van der Waals surface area (Å²) in [5, 5.41) is 3.81. The van der Waals surface area contributed by atoms with Gasteiger partial charge in [0.2, 0.25) is 5.95 Å². The fourth-order valence-corrected chi connectivity index (χ4v) is 7.36. The van der Waals surface area contributed by atoms with Crippen LogP contribution in [-0.4, -0.2) is 76.8 Å². The Hall–Kier alpha value is -3.57. The van der Waals surface area contributed by atoms with Crippen molar-refractivity contribution >= 4 is 34.1 Å². The molecule has 1 saturated carbocycles. The third-order valence-electron chi connectivity index (χ3n) is 9.47. The minimum atomic E-state index is -0.357. The van der Waals surface area contributed by atoms with Gasteiger partial charge in [0.1, 0.15) is 23.7 Å². The van der Waals surface area contributed by atoms with Gasteiger partial charge in [-0.1, -0.05) is 12.8 Å². The van der Waals surface area contributed by atoms with E-state index in [-0.39, 0.29) is 40.8 Å². The topological polar surface area (TPSA) is 102 Å². The van der Waals surface area contributed by atoms with Crippen molar-refractivity contribution < 1.29 is 18.7 Å². The summed E-state index contributed by atoms with van der Waals surface area (Å²) >= 11 is 0. The number of ketones is 1. The highest BCUT2D eigenvalue weighted by molar-refractivity contribution is 5.99. The molecule has 222 valence electrons. The monoisotopic (exact) mass is 576 g/mol. The SMILES string of the molecule is CC(=O)c1c(C)c2cnc(Nc3cc(F)c4c(c3)OC[C@@H]3CN(C5CCOCC5)CCN43)nc2n(C2CCCC2)c1=O. The molecule has 5 heterocycles. The highest BCUT2D eigenvalue weighted by Gasteiger charge is 2.37. The van der Waals surface area contributed by atoms with Gasteiger partial charge < -0.3 is 19.7 Å². The molecule has 4 aliphatic rings. The van der Waals surface area contributed by atoms with Gasteiger partial charge in [-0.25, -0.2) is 9.37 Å². The van der Waals surface area contributed by atoms with E-state index >= 15 is 4.39 Å². The van der Waals surface area contributed by atoms with E-state index in [4.69, 9.17) is 14.5 Å². The summed E-state index contributed by atoms with van der Waals surface area (Å²) < 4.78 is 29.0. The molecule has 0 unspecified atom stereocenters. The Morgan fingerprint density at radius 1 is 1.07 bits per heavy atom. The molecule has 2 saturated heterocycles. The second kappa shape index (κ2) is 10.9. The summed E-state index contributed by atoms with van der Waals surface area (Å²) in [6.45, 7) is 7.77. The summed E-state index contributed by atoms with van der Waals surface area (Å²) in [4.78, 5) is 39.8. The van der Waals surface area contributed by atoms with Crippen molar-refractivity contribution in [2.24, 2.45) is 0 Å². The number of aromatic nitrogens is 3. The Balaban J connectivity index is 1.18. The van der Waals surface area contributed by atoms with Crippen molar-refractivity contribution in [2.45, 2.75) is 70.5 Å². The molecule has 3 fully saturated rings. The lowest BCUT2D eigenvalue weighted by molar-refractivity contribution is 0.0230. The van der Waals surface area contributed by atoms with Gasteiger partial charge in [0.25, 0.3) is 5.56 Å². The lowest BCUT2D eigenvalue weighted by Gasteiger charge is -2.48. The highest BCUT2D eigenvalue weighted by Crippen LogP contribution is 2.41. The Morgan fingerprint density at radius 2 is 1.86 bits per heavy atom. The lowest BCUT2D eigenvalue weighted by atomic mass is 10.0. The van der Waals surface area contributed by atoms with Crippen LogP contribution in [0.25, 0.3) is 11.0 Å². The number of anilines is 3. The van der Waals surface area contributed by atoms with Crippen LogP contribution in [0.1, 0.15) is 67.4 Å². The largest absolute Gasteiger partial charge is 0.489 e. The molecule has 42 heavy (non-hydrogen) atoms. The van der Waals surface area contributed by atoms with Gasteiger partial charge >= 0.3 is 0 Å². The van der Waals surface area contributed by atoms with Gasteiger partial charge in [0.15, 0.2) is 11.6 Å². The van der Waals surface area contributed by atoms with Crippen LogP contribution in [0, 0.1) is 12.7 Å². The Bertz CT molecular complexity index is 1600. The standard InChI is InChI=1S/C31H37FN6O4/c1-18-24-15-33-31(35-29(24)38(22-5-3-4-6-22)30(40)27(18)19(2)39)34-20-13-25(32)28-26(14-20)42-17-23-16-36(9-10-37(23)28)21-7-11-41-12-8-21/h13-15,21-23H,3-12,16-17H2,1-2H3,(H,33,34,35)/t23-/m0/s1. The van der Waals surface area contributed by atoms with Gasteiger partial charge in [-0.2, -0.15) is 4.98 Å². The summed E-state index contributed by atoms with van der Waals surface area (Å²) in [7, 11) is 0. The number of aryl methyl sites for hydroxylation is 1. The molecule has 7 rings (SSSR count). The Labute approximate surface area is 243 Å². The molecule has 0 bridgehead atoms. The van der Waals surface area contributed by atoms with Crippen molar-refractivity contribution in [1.29, 1.82) is 0 Å². The second-order valence-electron chi connectivity index (χ2n) is 12.0. The number of carbonyl (C=O) groups excluding carboxylic acids is 1. The molecule has 3 aliphatic heterocycles. The number of Topliss-reactive ketones (excluding diaryl/α,β-unsaturated/α-hetero) is 1. The van der Waals surface area contributed by atoms with E-state index in [1.54, 1.807) is 23.8 Å². The number of carbonyl (C=O) groups is 1. The van der Waals surface area contributed by atoms with Crippen molar-refractivity contribution in [3.63, 3.8) is 0 Å². The number of benzene rings is 1. The van der Waals surface area contributed by atoms with Crippen LogP contribution in [0.3, 0.4) is 0 Å². The van der Waals surface area contributed by atoms with Crippen LogP contribution in [0.4, 0.5) is 21.7 Å². The summed E-state index contributed by atoms with van der Waals surface area (Å²) in [6, 6.07) is 3.85. The van der Waals surface area contributed by atoms with Gasteiger partial charge in [-0.15, -0.1) is 0 Å². The maximum atomic E-state index is 15.7. The van der Waals surface area contributed by atoms with E-state index < -0.39 is 0 Å². The molecule has 0 radical (unpaired) electrons. The van der Waals surface area contributed by atoms with E-state index in [0.717, 1.165) is 71.4 Å². The maximum Gasteiger partial charge on any atom is 0.263 e. The molecule has 1 N–H and O–H groups in total. The zero-order valence-electron chi connectivity index (χ0n) is 24.2. The quantitative estimate of drug-likeness (QED) is 0.444. The lowest BCUT2D eigenvalue weighted by Crippen LogP contribution is -2.60. The van der Waals surface area contributed by atoms with Crippen molar-refractivity contribution in [2.75, 3.05) is 49.7 Å². The summed E-state index contributed by atoms with van der Waals surface area (Å²) in [5.74, 6) is 0.135. The average molecular weight is 577 g/mol. The molecule has 1 aromatic carbocycles. The van der Waals surface area contributed by atoms with E-state index in [1.807, 2.05) is 0 Å². The normalized spacial score (nSPS) is 21.7. The van der Waals surface area contributed by atoms with Gasteiger partial charge in [0, 0.05) is 68.3 Å². The average Bonchev–Trinajstić information content (AvgIpc) is 3.51. The molecular formula is C31H37FN6O4. The molecule has 11 heteroatoms. The first-order chi connectivity index (χ1) is 20.4. The van der Waals surface area contributed by atoms with Crippen LogP contribution in [-0.2, 0) is 4.74 Å². The molecule has 1 atom stereocenters. The molecule has 0 spiro atoms. The van der Waals surface area contributed by atoms with Crippen molar-refractivity contribution in [1.82, 2.24) is 19.4 Å². The highest BCUT2D eigenvalue weighted by atomic mass is 19.1. The van der Waals surface area contributed by atoms with Gasteiger partial charge in [-0.05, 0) is 51.2 Å². The number of halogens is 1. The first-order valence-electron chi connectivity index (χ1n) is 15.1. The van der Waals surface area contributed by atoms with E-state index in [1.165, 1.54) is 13.0 Å². The number of piperazine rings is 1. The molecular weight excluding hydrogens is 539 g/mol. The first-order valence-corrected chi connectivity index (χ1v) is 15.1. The van der Waals surface area contributed by atoms with Crippen LogP contribution in [0.2, 0.25) is 0 Å². The fraction of sp³-hybridized carbons (Fsp3) is 0.548. The number of ether oxygens (including phenoxy) is 2. The number of nitrogens with zero attached hydrogens (tertiary/aromatic N) is 5. The number of hydrogen-bond donors (Lipinski definition) is 1. The van der Waals surface area contributed by atoms with Crippen molar-refractivity contribution in [3.05, 3.63) is 45.6 Å². The third kappa shape index (κ3) is 4.72. The number of hydrogen-bond acceptors (Lipinski definition) is 9. The summed E-state index contributed by atoms with van der Waals surface area (Å²) in [6.07, 6.45) is 7.50. The minimum absolute atomic E-state index is 0.0177. The molecule has 10 nitrogen and oxygen atoms in total. The smallest absolute Gasteiger partial charge is 0.263 e. The van der Waals surface area contributed by atoms with E-state index in [9.17, 15) is 9.59 Å². The second-order valence-corrected chi connectivity index (χ2v) is 12.0.